The molecule has 3 nitrogen and oxygen atoms in total. The summed E-state index contributed by atoms with van der Waals surface area (Å²) in [5.74, 6) is 0. The van der Waals surface area contributed by atoms with Gasteiger partial charge in [-0.05, 0) is 44.5 Å². The topological polar surface area (TPSA) is 24.5 Å². The van der Waals surface area contributed by atoms with Crippen LogP contribution in [0.5, 0.6) is 0 Å². The largest absolute Gasteiger partial charge is 0.374 e. The number of nitrogens with one attached hydrogen (secondary N) is 1. The predicted octanol–water partition coefficient (Wildman–Crippen LogP) is 2.03. The van der Waals surface area contributed by atoms with Gasteiger partial charge in [-0.2, -0.15) is 0 Å². The number of rotatable bonds is 4. The van der Waals surface area contributed by atoms with Crippen molar-refractivity contribution in [2.75, 3.05) is 33.3 Å². The van der Waals surface area contributed by atoms with E-state index in [1.54, 1.807) is 0 Å². The molecule has 0 radical (unpaired) electrons. The highest BCUT2D eigenvalue weighted by Crippen LogP contribution is 2.19. The molecule has 1 fully saturated rings. The normalized spacial score (nSPS) is 20.7. The number of ether oxygens (including phenoxy) is 1. The van der Waals surface area contributed by atoms with Crippen LogP contribution in [0.3, 0.4) is 0 Å². The molecule has 2 rings (SSSR count). The molecule has 0 spiro atoms. The number of aryl methyl sites for hydroxylation is 3. The van der Waals surface area contributed by atoms with Crippen LogP contribution in [0.4, 0.5) is 0 Å². The van der Waals surface area contributed by atoms with E-state index < -0.39 is 0 Å². The Balaban J connectivity index is 2.04. The molecule has 1 saturated heterocycles. The summed E-state index contributed by atoms with van der Waals surface area (Å²) in [6, 6.07) is 4.57. The van der Waals surface area contributed by atoms with Crippen molar-refractivity contribution < 1.29 is 4.74 Å². The van der Waals surface area contributed by atoms with Gasteiger partial charge in [0.1, 0.15) is 0 Å². The van der Waals surface area contributed by atoms with Gasteiger partial charge < -0.3 is 10.1 Å². The van der Waals surface area contributed by atoms with E-state index in [1.807, 2.05) is 7.05 Å². The quantitative estimate of drug-likeness (QED) is 0.898. The molecule has 0 saturated carbocycles. The third-order valence-electron chi connectivity index (χ3n) is 3.88. The van der Waals surface area contributed by atoms with Crippen LogP contribution in [0, 0.1) is 20.8 Å². The molecular formula is C16H26N2O. The Morgan fingerprint density at radius 1 is 1.26 bits per heavy atom. The first-order chi connectivity index (χ1) is 9.10. The molecule has 1 aliphatic rings. The highest BCUT2D eigenvalue weighted by Gasteiger charge is 2.20. The van der Waals surface area contributed by atoms with Crippen molar-refractivity contribution in [3.05, 3.63) is 34.4 Å². The first-order valence-corrected chi connectivity index (χ1v) is 7.15. The maximum absolute atomic E-state index is 5.76. The van der Waals surface area contributed by atoms with Crippen molar-refractivity contribution in [1.29, 1.82) is 0 Å². The van der Waals surface area contributed by atoms with Gasteiger partial charge in [0.05, 0.1) is 12.7 Å². The Bertz CT molecular complexity index is 406. The SMILES string of the molecule is CNCC1CN(Cc2c(C)cc(C)cc2C)CCO1. The Labute approximate surface area is 116 Å². The van der Waals surface area contributed by atoms with Gasteiger partial charge in [-0.25, -0.2) is 0 Å². The number of benzene rings is 1. The Kier molecular flexibility index (Phi) is 4.97. The minimum atomic E-state index is 0.324. The molecule has 1 aromatic rings. The Morgan fingerprint density at radius 3 is 2.58 bits per heavy atom. The van der Waals surface area contributed by atoms with Gasteiger partial charge >= 0.3 is 0 Å². The number of morpholine rings is 1. The van der Waals surface area contributed by atoms with Crippen LogP contribution in [-0.4, -0.2) is 44.3 Å². The van der Waals surface area contributed by atoms with Crippen molar-refractivity contribution in [3.8, 4) is 0 Å². The monoisotopic (exact) mass is 262 g/mol. The van der Waals surface area contributed by atoms with Crippen LogP contribution >= 0.6 is 0 Å². The van der Waals surface area contributed by atoms with Gasteiger partial charge in [0.15, 0.2) is 0 Å². The van der Waals surface area contributed by atoms with E-state index in [9.17, 15) is 0 Å². The van der Waals surface area contributed by atoms with E-state index in [1.165, 1.54) is 22.3 Å². The van der Waals surface area contributed by atoms with Crippen molar-refractivity contribution in [3.63, 3.8) is 0 Å². The first kappa shape index (κ1) is 14.5. The molecule has 106 valence electrons. The number of nitrogens with zero attached hydrogens (tertiary/aromatic N) is 1. The maximum Gasteiger partial charge on any atom is 0.0826 e. The van der Waals surface area contributed by atoms with Gasteiger partial charge in [0.25, 0.3) is 0 Å². The predicted molar refractivity (Wildman–Crippen MR) is 79.6 cm³/mol. The molecule has 1 aliphatic heterocycles. The zero-order valence-corrected chi connectivity index (χ0v) is 12.6. The second-order valence-electron chi connectivity index (χ2n) is 5.66. The fourth-order valence-corrected chi connectivity index (χ4v) is 2.96. The van der Waals surface area contributed by atoms with Gasteiger partial charge in [0.2, 0.25) is 0 Å². The summed E-state index contributed by atoms with van der Waals surface area (Å²) < 4.78 is 5.76. The third kappa shape index (κ3) is 3.78. The molecule has 1 aromatic carbocycles. The fraction of sp³-hybridized carbons (Fsp3) is 0.625. The molecular weight excluding hydrogens is 236 g/mol. The molecule has 1 N–H and O–H groups in total. The van der Waals surface area contributed by atoms with Crippen molar-refractivity contribution in [2.24, 2.45) is 0 Å². The number of hydrogen-bond acceptors (Lipinski definition) is 3. The maximum atomic E-state index is 5.76. The smallest absolute Gasteiger partial charge is 0.0826 e. The van der Waals surface area contributed by atoms with Crippen LogP contribution in [0.2, 0.25) is 0 Å². The molecule has 1 atom stereocenters. The van der Waals surface area contributed by atoms with E-state index in [0.717, 1.165) is 32.8 Å². The summed E-state index contributed by atoms with van der Waals surface area (Å²) in [4.78, 5) is 2.51. The summed E-state index contributed by atoms with van der Waals surface area (Å²) in [5, 5.41) is 3.20. The lowest BCUT2D eigenvalue weighted by molar-refractivity contribution is -0.0292. The molecule has 0 aromatic heterocycles. The van der Waals surface area contributed by atoms with Gasteiger partial charge in [0, 0.05) is 26.2 Å². The van der Waals surface area contributed by atoms with Crippen LogP contribution in [0.25, 0.3) is 0 Å². The standard InChI is InChI=1S/C16H26N2O/c1-12-7-13(2)16(14(3)8-12)11-18-5-6-19-15(10-18)9-17-4/h7-8,15,17H,5-6,9-11H2,1-4H3. The zero-order chi connectivity index (χ0) is 13.8. The van der Waals surface area contributed by atoms with Crippen molar-refractivity contribution in [2.45, 2.75) is 33.4 Å². The molecule has 1 heterocycles. The molecule has 1 unspecified atom stereocenters. The first-order valence-electron chi connectivity index (χ1n) is 7.15. The second kappa shape index (κ2) is 6.51. The van der Waals surface area contributed by atoms with Crippen LogP contribution in [0.1, 0.15) is 22.3 Å². The molecule has 0 bridgehead atoms. The number of hydrogen-bond donors (Lipinski definition) is 1. The van der Waals surface area contributed by atoms with E-state index in [0.29, 0.717) is 6.10 Å². The Hall–Kier alpha value is -0.900. The fourth-order valence-electron chi connectivity index (χ4n) is 2.96. The van der Waals surface area contributed by atoms with Gasteiger partial charge in [-0.3, -0.25) is 4.90 Å². The molecule has 3 heteroatoms. The average Bonchev–Trinajstić information content (AvgIpc) is 2.35. The van der Waals surface area contributed by atoms with Crippen LogP contribution in [0.15, 0.2) is 12.1 Å². The minimum absolute atomic E-state index is 0.324. The minimum Gasteiger partial charge on any atom is -0.374 e. The summed E-state index contributed by atoms with van der Waals surface area (Å²) in [7, 11) is 1.98. The molecule has 0 amide bonds. The molecule has 0 aliphatic carbocycles. The Morgan fingerprint density at radius 2 is 1.95 bits per heavy atom. The highest BCUT2D eigenvalue weighted by molar-refractivity contribution is 5.37. The summed E-state index contributed by atoms with van der Waals surface area (Å²) in [6.07, 6.45) is 0.324. The van der Waals surface area contributed by atoms with E-state index >= 15 is 0 Å². The summed E-state index contributed by atoms with van der Waals surface area (Å²) in [5.41, 5.74) is 5.66. The van der Waals surface area contributed by atoms with Crippen molar-refractivity contribution in [1.82, 2.24) is 10.2 Å². The molecule has 19 heavy (non-hydrogen) atoms. The third-order valence-corrected chi connectivity index (χ3v) is 3.88. The average molecular weight is 262 g/mol. The zero-order valence-electron chi connectivity index (χ0n) is 12.6. The van der Waals surface area contributed by atoms with E-state index in [4.69, 9.17) is 4.74 Å². The number of likely N-dealkylation sites (N-methyl/N-ethyl adjacent to an activating group) is 1. The van der Waals surface area contributed by atoms with Gasteiger partial charge in [-0.1, -0.05) is 17.7 Å². The summed E-state index contributed by atoms with van der Waals surface area (Å²) >= 11 is 0. The lowest BCUT2D eigenvalue weighted by atomic mass is 9.99. The van der Waals surface area contributed by atoms with E-state index in [2.05, 4.69) is 43.1 Å². The lowest BCUT2D eigenvalue weighted by Crippen LogP contribution is -2.45. The van der Waals surface area contributed by atoms with Crippen LogP contribution < -0.4 is 5.32 Å². The summed E-state index contributed by atoms with van der Waals surface area (Å²) in [6.45, 7) is 11.5. The highest BCUT2D eigenvalue weighted by atomic mass is 16.5. The van der Waals surface area contributed by atoms with Gasteiger partial charge in [-0.15, -0.1) is 0 Å². The van der Waals surface area contributed by atoms with Crippen molar-refractivity contribution >= 4 is 0 Å². The van der Waals surface area contributed by atoms with E-state index in [-0.39, 0.29) is 0 Å². The lowest BCUT2D eigenvalue weighted by Gasteiger charge is -2.33. The second-order valence-corrected chi connectivity index (χ2v) is 5.66. The van der Waals surface area contributed by atoms with Crippen LogP contribution in [-0.2, 0) is 11.3 Å².